The first-order chi connectivity index (χ1) is 14.0. The van der Waals surface area contributed by atoms with Crippen LogP contribution in [0.15, 0.2) is 18.2 Å². The molecule has 1 aromatic carbocycles. The largest absolute Gasteiger partial charge is 0.496 e. The van der Waals surface area contributed by atoms with Gasteiger partial charge in [-0.2, -0.15) is 0 Å². The maximum Gasteiger partial charge on any atom is 0.255 e. The fourth-order valence-corrected chi connectivity index (χ4v) is 4.12. The Hall–Kier alpha value is -2.12. The first kappa shape index (κ1) is 21.6. The highest BCUT2D eigenvalue weighted by Gasteiger charge is 2.38. The van der Waals surface area contributed by atoms with Crippen LogP contribution in [0.25, 0.3) is 0 Å². The minimum Gasteiger partial charge on any atom is -0.496 e. The summed E-state index contributed by atoms with van der Waals surface area (Å²) in [7, 11) is 1.58. The number of methoxy groups -OCH3 is 1. The van der Waals surface area contributed by atoms with Crippen molar-refractivity contribution in [1.82, 2.24) is 15.5 Å². The molecule has 0 radical (unpaired) electrons. The van der Waals surface area contributed by atoms with E-state index in [-0.39, 0.29) is 30.5 Å². The molecule has 1 aromatic rings. The number of ether oxygens (including phenoxy) is 1. The van der Waals surface area contributed by atoms with Gasteiger partial charge in [0.2, 0.25) is 5.91 Å². The summed E-state index contributed by atoms with van der Waals surface area (Å²) in [5.41, 5.74) is 1.59. The van der Waals surface area contributed by atoms with Crippen LogP contribution in [0.1, 0.15) is 48.0 Å². The Morgan fingerprint density at radius 3 is 2.62 bits per heavy atom. The maximum absolute atomic E-state index is 12.7. The van der Waals surface area contributed by atoms with Crippen LogP contribution in [0, 0.1) is 12.8 Å². The first-order valence-electron chi connectivity index (χ1n) is 10.6. The lowest BCUT2D eigenvalue weighted by atomic mass is 10.1. The molecule has 7 heteroatoms. The molecule has 29 heavy (non-hydrogen) atoms. The van der Waals surface area contributed by atoms with Gasteiger partial charge in [0.25, 0.3) is 5.91 Å². The molecular formula is C22H33N3O4. The van der Waals surface area contributed by atoms with Gasteiger partial charge in [0.05, 0.1) is 19.3 Å². The van der Waals surface area contributed by atoms with E-state index in [1.165, 1.54) is 12.8 Å². The summed E-state index contributed by atoms with van der Waals surface area (Å²) in [5, 5.41) is 14.7. The number of likely N-dealkylation sites (tertiary alicyclic amines) is 1. The molecule has 2 amide bonds. The summed E-state index contributed by atoms with van der Waals surface area (Å²) >= 11 is 0. The van der Waals surface area contributed by atoms with Crippen LogP contribution in [0.2, 0.25) is 0 Å². The Morgan fingerprint density at radius 2 is 1.93 bits per heavy atom. The lowest BCUT2D eigenvalue weighted by molar-refractivity contribution is -0.122. The highest BCUT2D eigenvalue weighted by molar-refractivity contribution is 5.97. The minimum atomic E-state index is -0.127. The molecule has 3 rings (SSSR count). The van der Waals surface area contributed by atoms with Crippen molar-refractivity contribution in [3.8, 4) is 5.75 Å². The normalized spacial score (nSPS) is 21.8. The number of carbonyl (C=O) groups excluding carboxylic acids is 2. The topological polar surface area (TPSA) is 90.9 Å². The van der Waals surface area contributed by atoms with E-state index in [2.05, 4.69) is 15.5 Å². The monoisotopic (exact) mass is 403 g/mol. The molecular weight excluding hydrogens is 370 g/mol. The molecule has 1 aliphatic heterocycles. The lowest BCUT2D eigenvalue weighted by Crippen LogP contribution is -2.45. The van der Waals surface area contributed by atoms with Crippen LogP contribution in [-0.2, 0) is 4.79 Å². The fraction of sp³-hybridized carbons (Fsp3) is 0.636. The van der Waals surface area contributed by atoms with Crippen molar-refractivity contribution in [3.05, 3.63) is 29.3 Å². The van der Waals surface area contributed by atoms with Crippen molar-refractivity contribution in [2.75, 3.05) is 33.4 Å². The van der Waals surface area contributed by atoms with E-state index in [1.807, 2.05) is 19.1 Å². The molecule has 1 heterocycles. The smallest absolute Gasteiger partial charge is 0.255 e. The van der Waals surface area contributed by atoms with Gasteiger partial charge in [-0.3, -0.25) is 14.5 Å². The number of rotatable bonds is 10. The van der Waals surface area contributed by atoms with Gasteiger partial charge in [-0.25, -0.2) is 0 Å². The molecule has 0 aromatic heterocycles. The summed E-state index contributed by atoms with van der Waals surface area (Å²) < 4.78 is 5.36. The van der Waals surface area contributed by atoms with Crippen LogP contribution in [-0.4, -0.2) is 67.3 Å². The molecule has 7 nitrogen and oxygen atoms in total. The molecule has 1 saturated heterocycles. The zero-order chi connectivity index (χ0) is 20.8. The van der Waals surface area contributed by atoms with Crippen LogP contribution >= 0.6 is 0 Å². The van der Waals surface area contributed by atoms with E-state index >= 15 is 0 Å². The van der Waals surface area contributed by atoms with E-state index in [0.29, 0.717) is 36.7 Å². The van der Waals surface area contributed by atoms with Gasteiger partial charge in [0.15, 0.2) is 0 Å². The third-order valence-corrected chi connectivity index (χ3v) is 5.89. The fourth-order valence-electron chi connectivity index (χ4n) is 4.12. The Kier molecular flexibility index (Phi) is 7.50. The zero-order valence-electron chi connectivity index (χ0n) is 17.4. The van der Waals surface area contributed by atoms with E-state index in [1.54, 1.807) is 13.2 Å². The summed E-state index contributed by atoms with van der Waals surface area (Å²) in [6, 6.07) is 6.02. The van der Waals surface area contributed by atoms with Gasteiger partial charge in [0, 0.05) is 38.1 Å². The standard InChI is InChI=1S/C22H33N3O4/c1-15-3-8-19(20(11-15)29-2)22(28)24-13-18-7-6-17(12-21(27)23-9-10-26)25(18)14-16-4-5-16/h3,8,11,16-18,26H,4-7,9-10,12-14H2,1-2H3,(H,23,27)(H,24,28)/t17-,18+/m1/s1. The summed E-state index contributed by atoms with van der Waals surface area (Å²) in [5.74, 6) is 1.16. The van der Waals surface area contributed by atoms with Crippen molar-refractivity contribution >= 4 is 11.8 Å². The van der Waals surface area contributed by atoms with E-state index in [4.69, 9.17) is 9.84 Å². The highest BCUT2D eigenvalue weighted by Crippen LogP contribution is 2.35. The number of hydrogen-bond acceptors (Lipinski definition) is 5. The second-order valence-corrected chi connectivity index (χ2v) is 8.22. The van der Waals surface area contributed by atoms with Crippen molar-refractivity contribution in [2.24, 2.45) is 5.92 Å². The predicted molar refractivity (Wildman–Crippen MR) is 111 cm³/mol. The van der Waals surface area contributed by atoms with Crippen LogP contribution < -0.4 is 15.4 Å². The quantitative estimate of drug-likeness (QED) is 0.550. The lowest BCUT2D eigenvalue weighted by Gasteiger charge is -2.30. The van der Waals surface area contributed by atoms with Gasteiger partial charge in [-0.15, -0.1) is 0 Å². The molecule has 0 spiro atoms. The number of nitrogens with zero attached hydrogens (tertiary/aromatic N) is 1. The zero-order valence-corrected chi connectivity index (χ0v) is 17.4. The highest BCUT2D eigenvalue weighted by atomic mass is 16.5. The number of hydrogen-bond donors (Lipinski definition) is 3. The summed E-state index contributed by atoms with van der Waals surface area (Å²) in [6.45, 7) is 3.78. The second kappa shape index (κ2) is 10.1. The number of benzene rings is 1. The van der Waals surface area contributed by atoms with Crippen LogP contribution in [0.4, 0.5) is 0 Å². The Morgan fingerprint density at radius 1 is 1.17 bits per heavy atom. The van der Waals surface area contributed by atoms with Crippen molar-refractivity contribution in [2.45, 2.75) is 51.1 Å². The Labute approximate surface area is 172 Å². The van der Waals surface area contributed by atoms with E-state index < -0.39 is 0 Å². The first-order valence-corrected chi connectivity index (χ1v) is 10.6. The summed E-state index contributed by atoms with van der Waals surface area (Å²) in [4.78, 5) is 27.3. The molecule has 1 aliphatic carbocycles. The van der Waals surface area contributed by atoms with Crippen molar-refractivity contribution in [1.29, 1.82) is 0 Å². The van der Waals surface area contributed by atoms with Gasteiger partial charge < -0.3 is 20.5 Å². The number of carbonyl (C=O) groups is 2. The van der Waals surface area contributed by atoms with Crippen LogP contribution in [0.5, 0.6) is 5.75 Å². The van der Waals surface area contributed by atoms with Gasteiger partial charge in [0.1, 0.15) is 5.75 Å². The molecule has 2 fully saturated rings. The number of aryl methyl sites for hydroxylation is 1. The summed E-state index contributed by atoms with van der Waals surface area (Å²) in [6.07, 6.45) is 4.87. The molecule has 0 bridgehead atoms. The molecule has 2 aliphatic rings. The molecule has 160 valence electrons. The molecule has 2 atom stereocenters. The number of aliphatic hydroxyl groups excluding tert-OH is 1. The Balaban J connectivity index is 1.59. The SMILES string of the molecule is COc1cc(C)ccc1C(=O)NC[C@@H]1CC[C@H](CC(=O)NCCO)N1CC1CC1. The average molecular weight is 404 g/mol. The van der Waals surface area contributed by atoms with Gasteiger partial charge in [-0.1, -0.05) is 6.07 Å². The number of nitrogens with one attached hydrogen (secondary N) is 2. The third-order valence-electron chi connectivity index (χ3n) is 5.89. The number of aliphatic hydroxyl groups is 1. The number of amides is 2. The average Bonchev–Trinajstić information content (AvgIpc) is 3.46. The second-order valence-electron chi connectivity index (χ2n) is 8.22. The molecule has 0 unspecified atom stereocenters. The van der Waals surface area contributed by atoms with Crippen molar-refractivity contribution < 1.29 is 19.4 Å². The maximum atomic E-state index is 12.7. The Bertz CT molecular complexity index is 720. The third kappa shape index (κ3) is 5.93. The van der Waals surface area contributed by atoms with E-state index in [9.17, 15) is 9.59 Å². The molecule has 3 N–H and O–H groups in total. The van der Waals surface area contributed by atoms with Gasteiger partial charge in [-0.05, 0) is 56.2 Å². The van der Waals surface area contributed by atoms with Crippen LogP contribution in [0.3, 0.4) is 0 Å². The van der Waals surface area contributed by atoms with Gasteiger partial charge >= 0.3 is 0 Å². The predicted octanol–water partition coefficient (Wildman–Crippen LogP) is 1.48. The molecule has 1 saturated carbocycles. The van der Waals surface area contributed by atoms with E-state index in [0.717, 1.165) is 24.9 Å². The van der Waals surface area contributed by atoms with Crippen molar-refractivity contribution in [3.63, 3.8) is 0 Å². The minimum absolute atomic E-state index is 0.0149.